The highest BCUT2D eigenvalue weighted by Gasteiger charge is 2.20. The zero-order chi connectivity index (χ0) is 21.0. The van der Waals surface area contributed by atoms with Crippen LogP contribution in [0.4, 0.5) is 0 Å². The predicted octanol–water partition coefficient (Wildman–Crippen LogP) is 4.22. The maximum atomic E-state index is 5.52. The first-order valence-corrected chi connectivity index (χ1v) is 10.7. The minimum Gasteiger partial charge on any atom is -0.496 e. The summed E-state index contributed by atoms with van der Waals surface area (Å²) in [4.78, 5) is 9.49. The van der Waals surface area contributed by atoms with Crippen molar-refractivity contribution in [1.29, 1.82) is 0 Å². The maximum absolute atomic E-state index is 5.52. The van der Waals surface area contributed by atoms with Crippen LogP contribution in [-0.2, 0) is 13.1 Å². The van der Waals surface area contributed by atoms with Crippen LogP contribution in [0.2, 0.25) is 0 Å². The molecule has 4 aromatic rings. The topological polar surface area (TPSA) is 54.6 Å². The Labute approximate surface area is 182 Å². The second-order valence-corrected chi connectivity index (χ2v) is 7.90. The molecule has 1 saturated heterocycles. The number of fused-ring (bicyclic) bond motifs is 1. The first kappa shape index (κ1) is 19.7. The minimum absolute atomic E-state index is 0.571. The molecule has 1 aliphatic rings. The average Bonchev–Trinajstić information content (AvgIpc) is 3.29. The fraction of sp³-hybridized carbons (Fsp3) is 0.280. The summed E-state index contributed by atoms with van der Waals surface area (Å²) >= 11 is 0. The lowest BCUT2D eigenvalue weighted by Gasteiger charge is -2.34. The molecule has 0 atom stereocenters. The Hall–Kier alpha value is -3.22. The molecule has 0 N–H and O–H groups in total. The maximum Gasteiger partial charge on any atom is 0.241 e. The normalized spacial score (nSPS) is 15.4. The fourth-order valence-corrected chi connectivity index (χ4v) is 4.23. The molecule has 1 fully saturated rings. The molecule has 0 aliphatic carbocycles. The predicted molar refractivity (Wildman–Crippen MR) is 121 cm³/mol. The van der Waals surface area contributed by atoms with E-state index in [1.165, 1.54) is 16.3 Å². The van der Waals surface area contributed by atoms with Gasteiger partial charge in [0.05, 0.1) is 19.2 Å². The second kappa shape index (κ2) is 8.88. The summed E-state index contributed by atoms with van der Waals surface area (Å²) in [6, 6.07) is 22.9. The lowest BCUT2D eigenvalue weighted by molar-refractivity contribution is 0.112. The van der Waals surface area contributed by atoms with Gasteiger partial charge in [-0.15, -0.1) is 0 Å². The third-order valence-corrected chi connectivity index (χ3v) is 5.91. The monoisotopic (exact) mass is 414 g/mol. The molecule has 2 heterocycles. The Morgan fingerprint density at radius 1 is 0.839 bits per heavy atom. The molecule has 0 spiro atoms. The van der Waals surface area contributed by atoms with E-state index in [0.29, 0.717) is 18.3 Å². The molecule has 158 valence electrons. The van der Waals surface area contributed by atoms with Gasteiger partial charge in [-0.3, -0.25) is 9.80 Å². The van der Waals surface area contributed by atoms with E-state index in [9.17, 15) is 0 Å². The van der Waals surface area contributed by atoms with E-state index in [1.54, 1.807) is 7.11 Å². The summed E-state index contributed by atoms with van der Waals surface area (Å²) in [5.41, 5.74) is 2.24. The van der Waals surface area contributed by atoms with E-state index in [-0.39, 0.29) is 0 Å². The van der Waals surface area contributed by atoms with E-state index in [2.05, 4.69) is 62.4 Å². The van der Waals surface area contributed by atoms with Gasteiger partial charge in [0.2, 0.25) is 11.7 Å². The van der Waals surface area contributed by atoms with Crippen molar-refractivity contribution in [3.63, 3.8) is 0 Å². The molecular formula is C25H26N4O2. The number of para-hydroxylation sites is 1. The van der Waals surface area contributed by atoms with Crippen molar-refractivity contribution in [2.45, 2.75) is 13.1 Å². The van der Waals surface area contributed by atoms with Crippen LogP contribution in [0.25, 0.3) is 22.2 Å². The van der Waals surface area contributed by atoms with E-state index in [4.69, 9.17) is 9.26 Å². The lowest BCUT2D eigenvalue weighted by atomic mass is 10.0. The zero-order valence-corrected chi connectivity index (χ0v) is 17.7. The quantitative estimate of drug-likeness (QED) is 0.471. The SMILES string of the molecule is COc1ccccc1-c1noc(CN2CCN(Cc3cccc4ccccc34)CC2)n1. The Balaban J connectivity index is 1.19. The highest BCUT2D eigenvalue weighted by Crippen LogP contribution is 2.27. The number of hydrogen-bond donors (Lipinski definition) is 0. The van der Waals surface area contributed by atoms with Crippen LogP contribution < -0.4 is 4.74 Å². The van der Waals surface area contributed by atoms with Crippen molar-refractivity contribution < 1.29 is 9.26 Å². The fourth-order valence-electron chi connectivity index (χ4n) is 4.23. The summed E-state index contributed by atoms with van der Waals surface area (Å²) in [6.07, 6.45) is 0. The molecule has 6 nitrogen and oxygen atoms in total. The van der Waals surface area contributed by atoms with Gasteiger partial charge < -0.3 is 9.26 Å². The molecule has 5 rings (SSSR count). The van der Waals surface area contributed by atoms with Gasteiger partial charge in [-0.05, 0) is 28.5 Å². The van der Waals surface area contributed by atoms with Gasteiger partial charge in [0.15, 0.2) is 0 Å². The van der Waals surface area contributed by atoms with E-state index < -0.39 is 0 Å². The average molecular weight is 415 g/mol. The van der Waals surface area contributed by atoms with E-state index >= 15 is 0 Å². The summed E-state index contributed by atoms with van der Waals surface area (Å²) in [5, 5.41) is 6.81. The molecule has 0 bridgehead atoms. The standard InChI is InChI=1S/C25H26N4O2/c1-30-23-12-5-4-11-22(23)25-26-24(31-27-25)18-29-15-13-28(14-16-29)17-20-9-6-8-19-7-2-3-10-21(19)20/h2-12H,13-18H2,1H3. The molecule has 0 unspecified atom stereocenters. The van der Waals surface area contributed by atoms with Crippen LogP contribution >= 0.6 is 0 Å². The largest absolute Gasteiger partial charge is 0.496 e. The Morgan fingerprint density at radius 3 is 2.39 bits per heavy atom. The lowest BCUT2D eigenvalue weighted by Crippen LogP contribution is -2.45. The number of aromatic nitrogens is 2. The number of piperazine rings is 1. The van der Waals surface area contributed by atoms with Crippen LogP contribution in [0.1, 0.15) is 11.5 Å². The van der Waals surface area contributed by atoms with Gasteiger partial charge in [-0.2, -0.15) is 4.98 Å². The van der Waals surface area contributed by atoms with Crippen LogP contribution in [0, 0.1) is 0 Å². The van der Waals surface area contributed by atoms with Crippen LogP contribution in [-0.4, -0.2) is 53.2 Å². The van der Waals surface area contributed by atoms with Crippen molar-refractivity contribution in [2.75, 3.05) is 33.3 Å². The number of benzene rings is 3. The molecule has 0 saturated carbocycles. The van der Waals surface area contributed by atoms with Gasteiger partial charge >= 0.3 is 0 Å². The summed E-state index contributed by atoms with van der Waals surface area (Å²) in [5.74, 6) is 1.96. The van der Waals surface area contributed by atoms with Gasteiger partial charge in [0.1, 0.15) is 5.75 Å². The summed E-state index contributed by atoms with van der Waals surface area (Å²) in [6.45, 7) is 5.67. The molecule has 31 heavy (non-hydrogen) atoms. The molecule has 1 aliphatic heterocycles. The Kier molecular flexibility index (Phi) is 5.65. The third kappa shape index (κ3) is 4.31. The van der Waals surface area contributed by atoms with E-state index in [1.807, 2.05) is 24.3 Å². The Bertz CT molecular complexity index is 1160. The number of rotatable bonds is 6. The van der Waals surface area contributed by atoms with Crippen molar-refractivity contribution >= 4 is 10.8 Å². The summed E-state index contributed by atoms with van der Waals surface area (Å²) < 4.78 is 10.9. The van der Waals surface area contributed by atoms with Gasteiger partial charge in [-0.25, -0.2) is 0 Å². The van der Waals surface area contributed by atoms with Gasteiger partial charge in [0.25, 0.3) is 0 Å². The molecule has 1 aromatic heterocycles. The number of ether oxygens (including phenoxy) is 1. The Morgan fingerprint density at radius 2 is 1.55 bits per heavy atom. The molecule has 0 radical (unpaired) electrons. The van der Waals surface area contributed by atoms with Crippen LogP contribution in [0.5, 0.6) is 5.75 Å². The highest BCUT2D eigenvalue weighted by atomic mass is 16.5. The van der Waals surface area contributed by atoms with Gasteiger partial charge in [-0.1, -0.05) is 59.8 Å². The van der Waals surface area contributed by atoms with E-state index in [0.717, 1.165) is 44.0 Å². The second-order valence-electron chi connectivity index (χ2n) is 7.90. The van der Waals surface area contributed by atoms with Crippen molar-refractivity contribution in [1.82, 2.24) is 19.9 Å². The van der Waals surface area contributed by atoms with Gasteiger partial charge in [0, 0.05) is 32.7 Å². The van der Waals surface area contributed by atoms with Crippen LogP contribution in [0.3, 0.4) is 0 Å². The minimum atomic E-state index is 0.571. The number of hydrogen-bond acceptors (Lipinski definition) is 6. The highest BCUT2D eigenvalue weighted by molar-refractivity contribution is 5.85. The third-order valence-electron chi connectivity index (χ3n) is 5.91. The molecular weight excluding hydrogens is 388 g/mol. The first-order chi connectivity index (χ1) is 15.3. The number of methoxy groups -OCH3 is 1. The number of nitrogens with zero attached hydrogens (tertiary/aromatic N) is 4. The van der Waals surface area contributed by atoms with Crippen molar-refractivity contribution in [3.05, 3.63) is 78.2 Å². The van der Waals surface area contributed by atoms with Crippen molar-refractivity contribution in [2.24, 2.45) is 0 Å². The molecule has 0 amide bonds. The molecule has 6 heteroatoms. The van der Waals surface area contributed by atoms with Crippen molar-refractivity contribution in [3.8, 4) is 17.1 Å². The first-order valence-electron chi connectivity index (χ1n) is 10.7. The summed E-state index contributed by atoms with van der Waals surface area (Å²) in [7, 11) is 1.65. The molecule has 3 aromatic carbocycles. The smallest absolute Gasteiger partial charge is 0.241 e. The van der Waals surface area contributed by atoms with Crippen LogP contribution in [0.15, 0.2) is 71.3 Å². The zero-order valence-electron chi connectivity index (χ0n) is 17.7.